The van der Waals surface area contributed by atoms with Gasteiger partial charge in [0, 0.05) is 57.2 Å². The van der Waals surface area contributed by atoms with Crippen LogP contribution in [0.1, 0.15) is 101 Å². The van der Waals surface area contributed by atoms with Crippen LogP contribution in [0.2, 0.25) is 0 Å². The Bertz CT molecular complexity index is 4200. The highest BCUT2D eigenvalue weighted by Crippen LogP contribution is 2.42. The van der Waals surface area contributed by atoms with Gasteiger partial charge in [0.1, 0.15) is 34.6 Å². The Morgan fingerprint density at radius 1 is 0.305 bits per heavy atom. The summed E-state index contributed by atoms with van der Waals surface area (Å²) in [7, 11) is 0. The van der Waals surface area contributed by atoms with Crippen LogP contribution in [0, 0.1) is 0 Å². The summed E-state index contributed by atoms with van der Waals surface area (Å²) in [5, 5.41) is 4.56. The van der Waals surface area contributed by atoms with E-state index < -0.39 is 0 Å². The molecule has 8 aromatic carbocycles. The third-order valence-corrected chi connectivity index (χ3v) is 15.9. The average molecular weight is 1070 g/mol. The fourth-order valence-electron chi connectivity index (χ4n) is 12.0. The zero-order valence-electron chi connectivity index (χ0n) is 47.6. The van der Waals surface area contributed by atoms with Crippen molar-refractivity contribution in [3.8, 4) is 79.4 Å². The van der Waals surface area contributed by atoms with Gasteiger partial charge in [-0.3, -0.25) is 19.1 Å². The molecule has 0 bridgehead atoms. The molecule has 0 saturated heterocycles. The number of para-hydroxylation sites is 2. The van der Waals surface area contributed by atoms with Gasteiger partial charge in [0.2, 0.25) is 0 Å². The van der Waals surface area contributed by atoms with Gasteiger partial charge >= 0.3 is 0 Å². The Labute approximate surface area is 479 Å². The molecular formula is C74H64N6O2. The van der Waals surface area contributed by atoms with Gasteiger partial charge < -0.3 is 9.47 Å². The van der Waals surface area contributed by atoms with Crippen molar-refractivity contribution in [2.75, 3.05) is 0 Å². The van der Waals surface area contributed by atoms with Gasteiger partial charge in [0.25, 0.3) is 0 Å². The van der Waals surface area contributed by atoms with Crippen LogP contribution in [0.4, 0.5) is 0 Å². The van der Waals surface area contributed by atoms with E-state index in [0.717, 1.165) is 88.9 Å². The highest BCUT2D eigenvalue weighted by atomic mass is 16.5. The van der Waals surface area contributed by atoms with Gasteiger partial charge in [-0.15, -0.1) is 0 Å². The second-order valence-corrected chi connectivity index (χ2v) is 22.7. The van der Waals surface area contributed by atoms with Gasteiger partial charge in [0.15, 0.2) is 0 Å². The second-order valence-electron chi connectivity index (χ2n) is 22.7. The van der Waals surface area contributed by atoms with Crippen molar-refractivity contribution in [3.63, 3.8) is 0 Å². The molecule has 0 N–H and O–H groups in total. The number of benzene rings is 8. The minimum atomic E-state index is 0.371. The summed E-state index contributed by atoms with van der Waals surface area (Å²) in [6.45, 7) is 18.2. The molecular weight excluding hydrogens is 1000 g/mol. The number of aromatic nitrogens is 6. The summed E-state index contributed by atoms with van der Waals surface area (Å²) in [5.41, 5.74) is 17.7. The Hall–Kier alpha value is -9.66. The molecule has 0 fully saturated rings. The Balaban J connectivity index is 0.766. The molecule has 5 heterocycles. The fourth-order valence-corrected chi connectivity index (χ4v) is 12.0. The molecule has 8 nitrogen and oxygen atoms in total. The first-order valence-corrected chi connectivity index (χ1v) is 28.6. The lowest BCUT2D eigenvalue weighted by Crippen LogP contribution is -2.02. The summed E-state index contributed by atoms with van der Waals surface area (Å²) in [4.78, 5) is 19.9. The molecule has 8 heteroatoms. The van der Waals surface area contributed by atoms with E-state index in [-0.39, 0.29) is 0 Å². The number of pyridine rings is 2. The Morgan fingerprint density at radius 3 is 1.06 bits per heavy atom. The molecule has 0 atom stereocenters. The first kappa shape index (κ1) is 51.8. The van der Waals surface area contributed by atoms with Crippen molar-refractivity contribution >= 4 is 43.6 Å². The predicted molar refractivity (Wildman–Crippen MR) is 337 cm³/mol. The molecule has 0 aliphatic heterocycles. The summed E-state index contributed by atoms with van der Waals surface area (Å²) in [6.07, 6.45) is 7.52. The first-order chi connectivity index (χ1) is 39.9. The first-order valence-electron chi connectivity index (χ1n) is 28.6. The molecule has 13 rings (SSSR count). The number of hydrogen-bond acceptors (Lipinski definition) is 6. The van der Waals surface area contributed by atoms with Gasteiger partial charge in [-0.05, 0) is 153 Å². The van der Waals surface area contributed by atoms with Gasteiger partial charge in [0.05, 0.1) is 45.8 Å². The van der Waals surface area contributed by atoms with Crippen molar-refractivity contribution in [1.82, 2.24) is 29.1 Å². The van der Waals surface area contributed by atoms with E-state index in [9.17, 15) is 0 Å². The van der Waals surface area contributed by atoms with Crippen LogP contribution in [-0.2, 0) is 0 Å². The lowest BCUT2D eigenvalue weighted by atomic mass is 9.85. The number of ether oxygens (including phenoxy) is 2. The van der Waals surface area contributed by atoms with Crippen LogP contribution in [0.5, 0.6) is 23.0 Å². The Morgan fingerprint density at radius 2 is 0.671 bits per heavy atom. The number of hydrogen-bond donors (Lipinski definition) is 0. The Kier molecular flexibility index (Phi) is 13.5. The van der Waals surface area contributed by atoms with Crippen LogP contribution in [0.3, 0.4) is 0 Å². The standard InChI is InChI=1S/C74H64N6O2/c1-45(2)57-23-15-24-58(46(3)4)73(57)51-33-35-75-71(39-51)79-67-27-11-9-21-61(67)63-31-29-55(41-69(63)79)81-53-19-13-17-49(37-53)65-43-78-66(44-77-65)50-18-14-20-54(38-50)82-56-30-32-64-62-22-10-12-28-68(62)80(70(64)42-56)72-40-52(34-36-76-72)74-59(47(5)6)25-16-26-60(74)48(7)8/h9-48H,1-8H3. The number of rotatable bonds is 14. The van der Waals surface area contributed by atoms with E-state index in [4.69, 9.17) is 29.4 Å². The van der Waals surface area contributed by atoms with Crippen molar-refractivity contribution in [2.24, 2.45) is 0 Å². The van der Waals surface area contributed by atoms with Crippen LogP contribution in [0.25, 0.3) is 100 Å². The van der Waals surface area contributed by atoms with Crippen molar-refractivity contribution in [3.05, 3.63) is 241 Å². The second kappa shape index (κ2) is 21.4. The highest BCUT2D eigenvalue weighted by Gasteiger charge is 2.22. The third-order valence-electron chi connectivity index (χ3n) is 15.9. The molecule has 0 unspecified atom stereocenters. The molecule has 402 valence electrons. The molecule has 82 heavy (non-hydrogen) atoms. The van der Waals surface area contributed by atoms with E-state index in [1.807, 2.05) is 85.5 Å². The summed E-state index contributed by atoms with van der Waals surface area (Å²) >= 11 is 0. The largest absolute Gasteiger partial charge is 0.457 e. The molecule has 0 radical (unpaired) electrons. The van der Waals surface area contributed by atoms with E-state index in [1.165, 1.54) is 33.4 Å². The van der Waals surface area contributed by atoms with Crippen LogP contribution < -0.4 is 9.47 Å². The average Bonchev–Trinajstić information content (AvgIpc) is 4.18. The van der Waals surface area contributed by atoms with E-state index >= 15 is 0 Å². The number of fused-ring (bicyclic) bond motifs is 6. The monoisotopic (exact) mass is 1070 g/mol. The zero-order valence-corrected chi connectivity index (χ0v) is 47.6. The van der Waals surface area contributed by atoms with Gasteiger partial charge in [-0.1, -0.05) is 152 Å². The van der Waals surface area contributed by atoms with Crippen LogP contribution in [-0.4, -0.2) is 29.1 Å². The molecule has 0 amide bonds. The maximum Gasteiger partial charge on any atom is 0.138 e. The summed E-state index contributed by atoms with van der Waals surface area (Å²) in [5.74, 6) is 6.02. The minimum absolute atomic E-state index is 0.371. The third kappa shape index (κ3) is 9.53. The quantitative estimate of drug-likeness (QED) is 0.108. The van der Waals surface area contributed by atoms with Crippen LogP contribution >= 0.6 is 0 Å². The van der Waals surface area contributed by atoms with E-state index in [0.29, 0.717) is 46.7 Å². The van der Waals surface area contributed by atoms with Crippen LogP contribution in [0.15, 0.2) is 219 Å². The summed E-state index contributed by atoms with van der Waals surface area (Å²) in [6, 6.07) is 67.9. The maximum atomic E-state index is 6.68. The van der Waals surface area contributed by atoms with Gasteiger partial charge in [-0.2, -0.15) is 0 Å². The van der Waals surface area contributed by atoms with Crippen molar-refractivity contribution in [2.45, 2.75) is 79.1 Å². The maximum absolute atomic E-state index is 6.68. The van der Waals surface area contributed by atoms with Crippen molar-refractivity contribution < 1.29 is 9.47 Å². The molecule has 0 spiro atoms. The highest BCUT2D eigenvalue weighted by molar-refractivity contribution is 6.10. The molecule has 0 aliphatic carbocycles. The summed E-state index contributed by atoms with van der Waals surface area (Å²) < 4.78 is 17.9. The molecule has 13 aromatic rings. The van der Waals surface area contributed by atoms with E-state index in [2.05, 4.69) is 198 Å². The molecule has 0 saturated carbocycles. The predicted octanol–water partition coefficient (Wildman–Crippen LogP) is 20.2. The normalized spacial score (nSPS) is 11.9. The SMILES string of the molecule is CC(C)c1cccc(C(C)C)c1-c1ccnc(-n2c3ccccc3c3ccc(Oc4cccc(-c5cnc(-c6cccc(Oc7ccc8c9ccccc9n(-c9cc(-c%10c(C(C)C)cccc%10C(C)C)ccn9)c8c7)c6)cn5)c4)cc32)c1. The van der Waals surface area contributed by atoms with Crippen molar-refractivity contribution in [1.29, 1.82) is 0 Å². The smallest absolute Gasteiger partial charge is 0.138 e. The lowest BCUT2D eigenvalue weighted by Gasteiger charge is -2.20. The van der Waals surface area contributed by atoms with Gasteiger partial charge in [-0.25, -0.2) is 9.97 Å². The molecule has 0 aliphatic rings. The fraction of sp³-hybridized carbons (Fsp3) is 0.162. The number of nitrogens with zero attached hydrogens (tertiary/aromatic N) is 6. The zero-order chi connectivity index (χ0) is 56.2. The van der Waals surface area contributed by atoms with E-state index in [1.54, 1.807) is 0 Å². The topological polar surface area (TPSA) is 79.9 Å². The lowest BCUT2D eigenvalue weighted by molar-refractivity contribution is 0.483. The minimum Gasteiger partial charge on any atom is -0.457 e. The molecule has 5 aromatic heterocycles.